The van der Waals surface area contributed by atoms with Gasteiger partial charge < -0.3 is 104 Å². The van der Waals surface area contributed by atoms with E-state index in [-0.39, 0.29) is 86.8 Å². The quantitative estimate of drug-likeness (QED) is 0.0139. The van der Waals surface area contributed by atoms with Gasteiger partial charge in [0.25, 0.3) is 53.2 Å². The monoisotopic (exact) mass is 2020 g/mol. The highest BCUT2D eigenvalue weighted by Crippen LogP contribution is 2.17. The lowest BCUT2D eigenvalue weighted by molar-refractivity contribution is -0.172. The summed E-state index contributed by atoms with van der Waals surface area (Å²) >= 11 is 0. The van der Waals surface area contributed by atoms with E-state index in [0.29, 0.717) is 80.8 Å². The molecule has 18 amide bonds. The number of rotatable bonds is 29. The molecule has 4 heterocycles. The molecule has 0 spiro atoms. The second-order valence-corrected chi connectivity index (χ2v) is 30.5. The summed E-state index contributed by atoms with van der Waals surface area (Å²) in [7, 11) is 22.1. The Bertz CT molecular complexity index is 4630. The number of hydrogen-bond donors (Lipinski definition) is 10. The van der Waals surface area contributed by atoms with Crippen LogP contribution in [0.15, 0.2) is 180 Å². The average Bonchev–Trinajstić information content (AvgIpc) is 1.78. The molecule has 0 saturated carbocycles. The van der Waals surface area contributed by atoms with Gasteiger partial charge in [0.2, 0.25) is 41.7 Å². The highest BCUT2D eigenvalue weighted by molar-refractivity contribution is 6.04. The minimum Gasteiger partial charge on any atom is -0.366 e. The van der Waals surface area contributed by atoms with E-state index in [9.17, 15) is 86.3 Å². The first-order chi connectivity index (χ1) is 68.3. The molecule has 4 saturated heterocycles. The lowest BCUT2D eigenvalue weighted by Crippen LogP contribution is -2.39. The summed E-state index contributed by atoms with van der Waals surface area (Å²) in [6, 6.07) is 50.4. The third kappa shape index (κ3) is 66.8. The molecular weight excluding hydrogens is 1870 g/mol. The van der Waals surface area contributed by atoms with E-state index in [1.54, 1.807) is 84.9 Å². The number of primary amides is 5. The lowest BCUT2D eigenvalue weighted by atomic mass is 10.1. The summed E-state index contributed by atoms with van der Waals surface area (Å²) in [5.74, 6) is -5.66. The topological polar surface area (TPSA) is 626 Å². The number of carbonyl (C=O) groups is 18. The number of hydroxylamine groups is 8. The summed E-state index contributed by atoms with van der Waals surface area (Å²) in [6.45, 7) is 24.5. The molecule has 6 aromatic rings. The summed E-state index contributed by atoms with van der Waals surface area (Å²) in [5, 5.41) is 14.3. The van der Waals surface area contributed by atoms with E-state index < -0.39 is 71.6 Å². The maximum Gasteiger partial charge on any atom is 0.432 e. The molecule has 0 bridgehead atoms. The minimum absolute atomic E-state index is 0.00718. The van der Waals surface area contributed by atoms with Crippen molar-refractivity contribution in [3.8, 4) is 0 Å². The fourth-order valence-corrected chi connectivity index (χ4v) is 9.91. The van der Waals surface area contributed by atoms with Crippen LogP contribution in [0.3, 0.4) is 0 Å². The highest BCUT2D eigenvalue weighted by atomic mass is 16.7. The molecule has 4 fully saturated rings. The van der Waals surface area contributed by atoms with E-state index in [0.717, 1.165) is 81.9 Å². The Balaban J connectivity index is -0.000000745. The number of nitrogens with one attached hydrogen (secondary N) is 5. The summed E-state index contributed by atoms with van der Waals surface area (Å²) in [5.41, 5.74) is 30.9. The standard InChI is InChI=1S/C13H20N2O.C10H17N3O4.2C10H14N2O.2C8H12N2O4.3C7H7NO.C6H8N2O4.2C4H11N.2C2H3NO/c1-3-15(4-2)11-10-14-13(16)12-8-6-5-7-9-12;1-3-12(2)7-6-11-10(16)17-13-8(14)4-5-9(13)15;2*1-12(2)7-8-5-3-4-6-9(8)10(11)13;2*1-2-5-9-8(13)14-10-6(11)3-4-7(10)12;3*8-7(9)6-4-2-1-3-5-6;1-7-6(11)12-8-4(9)2-3-5(8)10;2*1-4-5(2)3;2*1-3-2-4/h5-9H,3-4,10-11H2,1-2H3,(H,14,16);3-7H2,1-2H3,(H,11,16);2*3-6H,7H2,1-2H3,(H2,11,13);2*2-5H2,1H3,(H,9,13);3*1-5H,(H2,8,9);2-3H2,1H3,(H,7,11);2*4H2,1-3H3;2*1H3. The predicted molar refractivity (Wildman–Crippen MR) is 540 cm³/mol. The molecule has 46 nitrogen and oxygen atoms in total. The molecule has 0 aromatic heterocycles. The number of hydrogen-bond acceptors (Lipinski definition) is 32. The van der Waals surface area contributed by atoms with Gasteiger partial charge in [-0.15, -0.1) is 20.3 Å². The van der Waals surface area contributed by atoms with Gasteiger partial charge in [0.1, 0.15) is 0 Å². The Labute approximate surface area is 842 Å². The van der Waals surface area contributed by atoms with Gasteiger partial charge in [-0.2, -0.15) is 0 Å². The number of carbonyl (C=O) groups excluding carboxylic acids is 20. The van der Waals surface area contributed by atoms with Gasteiger partial charge >= 0.3 is 24.4 Å². The van der Waals surface area contributed by atoms with E-state index in [2.05, 4.69) is 127 Å². The van der Waals surface area contributed by atoms with Crippen molar-refractivity contribution in [1.29, 1.82) is 0 Å². The molecule has 6 aromatic carbocycles. The van der Waals surface area contributed by atoms with Gasteiger partial charge in [0, 0.05) is 158 Å². The van der Waals surface area contributed by atoms with E-state index in [1.165, 1.54) is 33.3 Å². The van der Waals surface area contributed by atoms with Gasteiger partial charge in [-0.3, -0.25) is 67.1 Å². The van der Waals surface area contributed by atoms with E-state index in [1.807, 2.05) is 156 Å². The van der Waals surface area contributed by atoms with Crippen molar-refractivity contribution in [3.05, 3.63) is 214 Å². The van der Waals surface area contributed by atoms with Gasteiger partial charge in [-0.25, -0.2) is 38.8 Å². The summed E-state index contributed by atoms with van der Waals surface area (Å²) < 4.78 is 0. The van der Waals surface area contributed by atoms with Crippen LogP contribution in [-0.4, -0.2) is 325 Å². The number of isocyanates is 2. The van der Waals surface area contributed by atoms with Crippen molar-refractivity contribution in [2.24, 2.45) is 38.7 Å². The first kappa shape index (κ1) is 135. The van der Waals surface area contributed by atoms with Gasteiger partial charge in [0.05, 0.1) is 0 Å². The maximum atomic E-state index is 11.7. The van der Waals surface area contributed by atoms with E-state index >= 15 is 0 Å². The molecule has 0 aliphatic carbocycles. The number of aliphatic imine (C=N–C) groups is 2. The molecule has 0 atom stereocenters. The van der Waals surface area contributed by atoms with Crippen molar-refractivity contribution in [1.82, 2.24) is 76.2 Å². The Kier molecular flexibility index (Phi) is 77.7. The van der Waals surface area contributed by atoms with Crippen LogP contribution in [0.2, 0.25) is 0 Å². The van der Waals surface area contributed by atoms with Crippen molar-refractivity contribution < 1.29 is 115 Å². The van der Waals surface area contributed by atoms with Crippen LogP contribution in [-0.2, 0) is 80.4 Å². The first-order valence-corrected chi connectivity index (χ1v) is 45.5. The minimum atomic E-state index is -0.821. The molecule has 792 valence electrons. The van der Waals surface area contributed by atoms with Crippen LogP contribution < -0.4 is 55.3 Å². The molecule has 0 radical (unpaired) electrons. The zero-order valence-electron chi connectivity index (χ0n) is 86.0. The van der Waals surface area contributed by atoms with Crippen LogP contribution in [0.25, 0.3) is 0 Å². The third-order valence-electron chi connectivity index (χ3n) is 18.1. The zero-order chi connectivity index (χ0) is 110. The number of benzene rings is 6. The number of amides is 18. The Hall–Kier alpha value is -15.7. The average molecular weight is 2020 g/mol. The highest BCUT2D eigenvalue weighted by Gasteiger charge is 2.36. The molecule has 4 aliphatic rings. The van der Waals surface area contributed by atoms with Crippen LogP contribution in [0, 0.1) is 0 Å². The van der Waals surface area contributed by atoms with Crippen LogP contribution in [0.5, 0.6) is 0 Å². The fourth-order valence-electron chi connectivity index (χ4n) is 9.91. The van der Waals surface area contributed by atoms with Crippen LogP contribution in [0.4, 0.5) is 19.2 Å². The number of nitrogens with two attached hydrogens (primary N) is 5. The smallest absolute Gasteiger partial charge is 0.366 e. The summed E-state index contributed by atoms with van der Waals surface area (Å²) in [4.78, 5) is 251. The van der Waals surface area contributed by atoms with Crippen molar-refractivity contribution >= 4 is 119 Å². The second kappa shape index (κ2) is 83.1. The van der Waals surface area contributed by atoms with Gasteiger partial charge in [-0.05, 0) is 181 Å². The van der Waals surface area contributed by atoms with Crippen molar-refractivity contribution in [3.63, 3.8) is 0 Å². The first-order valence-electron chi connectivity index (χ1n) is 45.5. The van der Waals surface area contributed by atoms with E-state index in [4.69, 9.17) is 38.3 Å². The molecule has 4 aliphatic heterocycles. The summed E-state index contributed by atoms with van der Waals surface area (Å²) in [6.07, 6.45) is 1.86. The Morgan fingerprint density at radius 3 is 0.764 bits per heavy atom. The van der Waals surface area contributed by atoms with Gasteiger partial charge in [-0.1, -0.05) is 158 Å². The van der Waals surface area contributed by atoms with Crippen molar-refractivity contribution in [2.45, 2.75) is 126 Å². The number of likely N-dealkylation sites (N-methyl/N-ethyl adjacent to an activating group) is 2. The van der Waals surface area contributed by atoms with Gasteiger partial charge in [0.15, 0.2) is 0 Å². The zero-order valence-corrected chi connectivity index (χ0v) is 86.0. The molecular formula is C98H146N22O24. The Morgan fingerprint density at radius 1 is 0.319 bits per heavy atom. The third-order valence-corrected chi connectivity index (χ3v) is 18.1. The van der Waals surface area contributed by atoms with Crippen LogP contribution in [0.1, 0.15) is 186 Å². The molecule has 46 heteroatoms. The predicted octanol–water partition coefficient (Wildman–Crippen LogP) is 6.36. The fraction of sp³-hybridized carbons (Fsp3) is 0.429. The normalized spacial score (nSPS) is 11.9. The number of nitrogens with zero attached hydrogens (tertiary/aromatic N) is 12. The molecule has 0 unspecified atom stereocenters. The molecule has 144 heavy (non-hydrogen) atoms. The molecule has 15 N–H and O–H groups in total. The maximum absolute atomic E-state index is 11.7. The van der Waals surface area contributed by atoms with Crippen LogP contribution >= 0.6 is 0 Å². The van der Waals surface area contributed by atoms with Crippen molar-refractivity contribution in [2.75, 3.05) is 157 Å². The molecule has 10 rings (SSSR count). The SMILES string of the molecule is CCCNC(=O)ON1C(=O)CCC1=O.CCCNC(=O)ON1C(=O)CCC1=O.CCN(C)C.CCN(C)C.CCN(C)CCNC(=O)ON1C(=O)CCC1=O.CCN(CC)CCNC(=O)c1ccccc1.CN(C)Cc1ccccc1C(N)=O.CN(C)Cc1ccccc1C(N)=O.CN=C=O.CN=C=O.CNC(=O)ON1C(=O)CCC1=O.NC(=O)c1ccccc1.NC(=O)c1ccccc1.NC(=O)c1ccccc1. The largest absolute Gasteiger partial charge is 0.432 e. The Morgan fingerprint density at radius 2 is 0.556 bits per heavy atom. The number of imide groups is 4. The second-order valence-electron chi connectivity index (χ2n) is 30.5. The lowest BCUT2D eigenvalue weighted by Gasteiger charge is -2.17.